The molecule has 2 rings (SSSR count). The average molecular weight is 319 g/mol. The Labute approximate surface area is 134 Å². The highest BCUT2D eigenvalue weighted by molar-refractivity contribution is 5.99. The van der Waals surface area contributed by atoms with Crippen LogP contribution in [0.15, 0.2) is 28.2 Å². The number of carbonyl (C=O) groups excluding carboxylic acids is 1. The number of rotatable bonds is 5. The van der Waals surface area contributed by atoms with Crippen molar-refractivity contribution < 1.29 is 14.7 Å². The summed E-state index contributed by atoms with van der Waals surface area (Å²) in [5, 5.41) is 11.7. The van der Waals surface area contributed by atoms with Gasteiger partial charge in [-0.3, -0.25) is 14.4 Å². The van der Waals surface area contributed by atoms with Crippen LogP contribution in [-0.2, 0) is 16.0 Å². The van der Waals surface area contributed by atoms with E-state index >= 15 is 0 Å². The number of aromatic amines is 1. The number of carboxylic acid groups (broad SMARTS) is 1. The lowest BCUT2D eigenvalue weighted by molar-refractivity contribution is -0.137. The molecule has 7 nitrogen and oxygen atoms in total. The van der Waals surface area contributed by atoms with Gasteiger partial charge < -0.3 is 20.3 Å². The Morgan fingerprint density at radius 1 is 1.43 bits per heavy atom. The van der Waals surface area contributed by atoms with Crippen LogP contribution in [0.4, 0.5) is 5.69 Å². The first-order chi connectivity index (χ1) is 10.9. The maximum Gasteiger partial charge on any atom is 0.308 e. The van der Waals surface area contributed by atoms with E-state index in [1.807, 2.05) is 17.9 Å². The standard InChI is InChI=1S/C16H21N3O4/c1-4-10-5-6-17-16(23)14(10)19(3)12-8-18-15(22)11(9(12)2)7-13(20)21/h5-6,12H,4,7-8H2,1-3H3,(H,17,23)(H,18,22)(H,20,21). The van der Waals surface area contributed by atoms with Crippen molar-refractivity contribution in [2.24, 2.45) is 0 Å². The van der Waals surface area contributed by atoms with Crippen molar-refractivity contribution in [3.05, 3.63) is 39.3 Å². The number of H-pyrrole nitrogens is 1. The van der Waals surface area contributed by atoms with E-state index in [-0.39, 0.29) is 29.5 Å². The molecule has 1 amide bonds. The van der Waals surface area contributed by atoms with E-state index in [4.69, 9.17) is 5.11 Å². The zero-order valence-electron chi connectivity index (χ0n) is 13.5. The number of nitrogens with one attached hydrogen (secondary N) is 2. The SMILES string of the molecule is CCc1cc[nH]c(=O)c1N(C)C1CNC(=O)C(CC(=O)O)=C1C. The van der Waals surface area contributed by atoms with E-state index in [2.05, 4.69) is 10.3 Å². The molecular formula is C16H21N3O4. The summed E-state index contributed by atoms with van der Waals surface area (Å²) in [5.74, 6) is -1.41. The summed E-state index contributed by atoms with van der Waals surface area (Å²) >= 11 is 0. The molecule has 0 saturated carbocycles. The number of pyridine rings is 1. The quantitative estimate of drug-likeness (QED) is 0.740. The maximum atomic E-state index is 12.2. The third-order valence-corrected chi connectivity index (χ3v) is 4.25. The van der Waals surface area contributed by atoms with Gasteiger partial charge in [0.15, 0.2) is 0 Å². The van der Waals surface area contributed by atoms with Gasteiger partial charge in [0, 0.05) is 25.4 Å². The van der Waals surface area contributed by atoms with Crippen LogP contribution in [0, 0.1) is 0 Å². The third-order valence-electron chi connectivity index (χ3n) is 4.25. The molecule has 23 heavy (non-hydrogen) atoms. The predicted molar refractivity (Wildman–Crippen MR) is 86.6 cm³/mol. The Hall–Kier alpha value is -2.57. The van der Waals surface area contributed by atoms with Crippen LogP contribution < -0.4 is 15.8 Å². The van der Waals surface area contributed by atoms with Crippen molar-refractivity contribution in [2.45, 2.75) is 32.7 Å². The Bertz CT molecular complexity index is 720. The number of nitrogens with zero attached hydrogens (tertiary/aromatic N) is 1. The molecule has 1 aliphatic heterocycles. The summed E-state index contributed by atoms with van der Waals surface area (Å²) in [7, 11) is 1.79. The van der Waals surface area contributed by atoms with E-state index in [9.17, 15) is 14.4 Å². The number of carbonyl (C=O) groups is 2. The van der Waals surface area contributed by atoms with Gasteiger partial charge in [0.25, 0.3) is 5.56 Å². The smallest absolute Gasteiger partial charge is 0.308 e. The molecule has 0 saturated heterocycles. The lowest BCUT2D eigenvalue weighted by atomic mass is 9.94. The van der Waals surface area contributed by atoms with E-state index in [1.54, 1.807) is 20.2 Å². The van der Waals surface area contributed by atoms with Gasteiger partial charge >= 0.3 is 5.97 Å². The van der Waals surface area contributed by atoms with Gasteiger partial charge in [0.1, 0.15) is 5.69 Å². The monoisotopic (exact) mass is 319 g/mol. The molecule has 0 fully saturated rings. The second kappa shape index (κ2) is 6.68. The minimum absolute atomic E-state index is 0.198. The highest BCUT2D eigenvalue weighted by Gasteiger charge is 2.30. The highest BCUT2D eigenvalue weighted by Crippen LogP contribution is 2.25. The van der Waals surface area contributed by atoms with E-state index in [0.717, 1.165) is 5.56 Å². The fourth-order valence-electron chi connectivity index (χ4n) is 2.97. The number of carboxylic acids is 1. The predicted octanol–water partition coefficient (Wildman–Crippen LogP) is 0.663. The second-order valence-electron chi connectivity index (χ2n) is 5.60. The van der Waals surface area contributed by atoms with Crippen LogP contribution in [-0.4, -0.2) is 41.6 Å². The van der Waals surface area contributed by atoms with Gasteiger partial charge in [0.05, 0.1) is 12.5 Å². The maximum absolute atomic E-state index is 12.2. The highest BCUT2D eigenvalue weighted by atomic mass is 16.4. The zero-order chi connectivity index (χ0) is 17.1. The van der Waals surface area contributed by atoms with Crippen molar-refractivity contribution in [1.82, 2.24) is 10.3 Å². The molecule has 0 aromatic carbocycles. The molecule has 1 aliphatic rings. The molecule has 0 radical (unpaired) electrons. The third kappa shape index (κ3) is 3.28. The van der Waals surface area contributed by atoms with E-state index < -0.39 is 5.97 Å². The Kier molecular flexibility index (Phi) is 4.88. The van der Waals surface area contributed by atoms with Crippen LogP contribution in [0.3, 0.4) is 0 Å². The molecule has 1 atom stereocenters. The Morgan fingerprint density at radius 2 is 2.13 bits per heavy atom. The normalized spacial score (nSPS) is 17.9. The fourth-order valence-corrected chi connectivity index (χ4v) is 2.97. The molecule has 1 unspecified atom stereocenters. The van der Waals surface area contributed by atoms with Crippen LogP contribution >= 0.6 is 0 Å². The number of aromatic nitrogens is 1. The molecule has 1 aromatic heterocycles. The van der Waals surface area contributed by atoms with Crippen molar-refractivity contribution in [3.63, 3.8) is 0 Å². The molecule has 1 aromatic rings. The summed E-state index contributed by atoms with van der Waals surface area (Å²) in [5.41, 5.74) is 2.19. The number of anilines is 1. The number of aliphatic carboxylic acids is 1. The van der Waals surface area contributed by atoms with Gasteiger partial charge in [-0.05, 0) is 30.5 Å². The molecule has 0 bridgehead atoms. The van der Waals surface area contributed by atoms with Gasteiger partial charge in [-0.1, -0.05) is 6.92 Å². The van der Waals surface area contributed by atoms with Crippen molar-refractivity contribution in [3.8, 4) is 0 Å². The molecule has 0 spiro atoms. The minimum Gasteiger partial charge on any atom is -0.481 e. The van der Waals surface area contributed by atoms with Crippen molar-refractivity contribution in [2.75, 3.05) is 18.5 Å². The van der Waals surface area contributed by atoms with Crippen molar-refractivity contribution in [1.29, 1.82) is 0 Å². The first-order valence-electron chi connectivity index (χ1n) is 7.49. The average Bonchev–Trinajstić information content (AvgIpc) is 2.50. The Morgan fingerprint density at radius 3 is 2.74 bits per heavy atom. The minimum atomic E-state index is -1.05. The first-order valence-corrected chi connectivity index (χ1v) is 7.49. The van der Waals surface area contributed by atoms with Gasteiger partial charge in [0.2, 0.25) is 5.91 Å². The summed E-state index contributed by atoms with van der Waals surface area (Å²) in [6, 6.07) is 1.60. The lowest BCUT2D eigenvalue weighted by Gasteiger charge is -2.35. The van der Waals surface area contributed by atoms with Gasteiger partial charge in [-0.15, -0.1) is 0 Å². The van der Waals surface area contributed by atoms with E-state index in [0.29, 0.717) is 24.2 Å². The summed E-state index contributed by atoms with van der Waals surface area (Å²) in [6.07, 6.45) is 1.99. The van der Waals surface area contributed by atoms with Crippen molar-refractivity contribution >= 4 is 17.6 Å². The number of likely N-dealkylation sites (N-methyl/N-ethyl adjacent to an activating group) is 1. The summed E-state index contributed by atoms with van der Waals surface area (Å²) in [6.45, 7) is 4.05. The number of hydrogen-bond acceptors (Lipinski definition) is 4. The van der Waals surface area contributed by atoms with Crippen LogP contribution in [0.25, 0.3) is 0 Å². The topological polar surface area (TPSA) is 103 Å². The number of amides is 1. The number of hydrogen-bond donors (Lipinski definition) is 3. The van der Waals surface area contributed by atoms with Crippen LogP contribution in [0.2, 0.25) is 0 Å². The summed E-state index contributed by atoms with van der Waals surface area (Å²) in [4.78, 5) is 39.6. The molecule has 3 N–H and O–H groups in total. The van der Waals surface area contributed by atoms with Crippen LogP contribution in [0.5, 0.6) is 0 Å². The molecule has 2 heterocycles. The second-order valence-corrected chi connectivity index (χ2v) is 5.60. The molecule has 7 heteroatoms. The van der Waals surface area contributed by atoms with Crippen LogP contribution in [0.1, 0.15) is 25.8 Å². The zero-order valence-corrected chi connectivity index (χ0v) is 13.5. The largest absolute Gasteiger partial charge is 0.481 e. The lowest BCUT2D eigenvalue weighted by Crippen LogP contribution is -2.49. The first kappa shape index (κ1) is 16.8. The fraction of sp³-hybridized carbons (Fsp3) is 0.438. The number of aryl methyl sites for hydroxylation is 1. The Balaban J connectivity index is 2.45. The summed E-state index contributed by atoms with van der Waals surface area (Å²) < 4.78 is 0. The molecular weight excluding hydrogens is 298 g/mol. The van der Waals surface area contributed by atoms with E-state index in [1.165, 1.54) is 0 Å². The molecule has 0 aliphatic carbocycles. The van der Waals surface area contributed by atoms with Gasteiger partial charge in [-0.25, -0.2) is 0 Å². The molecule has 124 valence electrons. The van der Waals surface area contributed by atoms with Gasteiger partial charge in [-0.2, -0.15) is 0 Å².